The van der Waals surface area contributed by atoms with Gasteiger partial charge in [-0.15, -0.1) is 0 Å². The number of hydrogen-bond donors (Lipinski definition) is 2. The standard InChI is InChI=1S/C10H18N4/c1-4-9(5-11)14-10-6-12-7(2)8(3)13-10/h6,9H,4-5,11H2,1-3H3,(H,13,14). The number of rotatable bonds is 4. The number of anilines is 1. The average Bonchev–Trinajstić information content (AvgIpc) is 2.19. The SMILES string of the molecule is CCC(CN)Nc1cnc(C)c(C)n1. The van der Waals surface area contributed by atoms with Gasteiger partial charge in [0.25, 0.3) is 0 Å². The van der Waals surface area contributed by atoms with Crippen LogP contribution in [0.4, 0.5) is 5.82 Å². The molecule has 0 saturated carbocycles. The molecular weight excluding hydrogens is 176 g/mol. The van der Waals surface area contributed by atoms with Crippen LogP contribution in [0.25, 0.3) is 0 Å². The highest BCUT2D eigenvalue weighted by Gasteiger charge is 2.05. The third-order valence-electron chi connectivity index (χ3n) is 2.32. The van der Waals surface area contributed by atoms with Gasteiger partial charge in [-0.05, 0) is 20.3 Å². The first-order chi connectivity index (χ1) is 6.67. The largest absolute Gasteiger partial charge is 0.365 e. The summed E-state index contributed by atoms with van der Waals surface area (Å²) in [6.07, 6.45) is 2.74. The molecule has 4 nitrogen and oxygen atoms in total. The minimum atomic E-state index is 0.284. The number of hydrogen-bond acceptors (Lipinski definition) is 4. The van der Waals surface area contributed by atoms with Gasteiger partial charge in [-0.2, -0.15) is 0 Å². The van der Waals surface area contributed by atoms with Crippen molar-refractivity contribution in [2.45, 2.75) is 33.2 Å². The number of nitrogens with two attached hydrogens (primary N) is 1. The van der Waals surface area contributed by atoms with E-state index in [0.717, 1.165) is 23.6 Å². The van der Waals surface area contributed by atoms with Crippen LogP contribution in [-0.2, 0) is 0 Å². The highest BCUT2D eigenvalue weighted by molar-refractivity contribution is 5.34. The topological polar surface area (TPSA) is 63.8 Å². The molecule has 0 saturated heterocycles. The van der Waals surface area contributed by atoms with Gasteiger partial charge >= 0.3 is 0 Å². The molecule has 0 aromatic carbocycles. The quantitative estimate of drug-likeness (QED) is 0.757. The molecule has 0 aliphatic rings. The first-order valence-electron chi connectivity index (χ1n) is 4.94. The zero-order chi connectivity index (χ0) is 10.6. The van der Waals surface area contributed by atoms with Crippen LogP contribution in [0, 0.1) is 13.8 Å². The third-order valence-corrected chi connectivity index (χ3v) is 2.32. The van der Waals surface area contributed by atoms with Crippen LogP contribution in [0.5, 0.6) is 0 Å². The van der Waals surface area contributed by atoms with E-state index < -0.39 is 0 Å². The van der Waals surface area contributed by atoms with E-state index in [4.69, 9.17) is 5.73 Å². The average molecular weight is 194 g/mol. The molecule has 1 rings (SSSR count). The van der Waals surface area contributed by atoms with E-state index >= 15 is 0 Å². The second-order valence-electron chi connectivity index (χ2n) is 3.41. The van der Waals surface area contributed by atoms with Crippen molar-refractivity contribution in [3.05, 3.63) is 17.6 Å². The maximum Gasteiger partial charge on any atom is 0.145 e. The van der Waals surface area contributed by atoms with Crippen molar-refractivity contribution in [1.82, 2.24) is 9.97 Å². The number of nitrogens with one attached hydrogen (secondary N) is 1. The van der Waals surface area contributed by atoms with Crippen LogP contribution < -0.4 is 11.1 Å². The summed E-state index contributed by atoms with van der Waals surface area (Å²) in [4.78, 5) is 8.61. The van der Waals surface area contributed by atoms with Gasteiger partial charge in [0.15, 0.2) is 0 Å². The van der Waals surface area contributed by atoms with E-state index in [1.807, 2.05) is 13.8 Å². The Labute approximate surface area is 85.0 Å². The Morgan fingerprint density at radius 2 is 2.14 bits per heavy atom. The molecule has 78 valence electrons. The maximum absolute atomic E-state index is 5.59. The Kier molecular flexibility index (Phi) is 3.83. The molecule has 1 heterocycles. The zero-order valence-corrected chi connectivity index (χ0v) is 9.04. The monoisotopic (exact) mass is 194 g/mol. The lowest BCUT2D eigenvalue weighted by molar-refractivity contribution is 0.698. The van der Waals surface area contributed by atoms with Gasteiger partial charge in [-0.25, -0.2) is 4.98 Å². The van der Waals surface area contributed by atoms with E-state index in [1.165, 1.54) is 0 Å². The lowest BCUT2D eigenvalue weighted by Gasteiger charge is -2.15. The van der Waals surface area contributed by atoms with Gasteiger partial charge in [0.05, 0.1) is 17.6 Å². The second-order valence-corrected chi connectivity index (χ2v) is 3.41. The zero-order valence-electron chi connectivity index (χ0n) is 9.04. The summed E-state index contributed by atoms with van der Waals surface area (Å²) in [7, 11) is 0. The third kappa shape index (κ3) is 2.67. The Morgan fingerprint density at radius 3 is 2.64 bits per heavy atom. The molecule has 0 bridgehead atoms. The second kappa shape index (κ2) is 4.91. The molecule has 1 aromatic rings. The summed E-state index contributed by atoms with van der Waals surface area (Å²) >= 11 is 0. The number of nitrogens with zero attached hydrogens (tertiary/aromatic N) is 2. The van der Waals surface area contributed by atoms with Gasteiger partial charge in [-0.1, -0.05) is 6.92 Å². The fraction of sp³-hybridized carbons (Fsp3) is 0.600. The Hall–Kier alpha value is -1.16. The predicted octanol–water partition coefficient (Wildman–Crippen LogP) is 1.24. The molecule has 4 heteroatoms. The number of aryl methyl sites for hydroxylation is 2. The summed E-state index contributed by atoms with van der Waals surface area (Å²) < 4.78 is 0. The van der Waals surface area contributed by atoms with Crippen LogP contribution >= 0.6 is 0 Å². The molecule has 0 spiro atoms. The van der Waals surface area contributed by atoms with E-state index in [2.05, 4.69) is 22.2 Å². The van der Waals surface area contributed by atoms with Gasteiger partial charge in [0.1, 0.15) is 5.82 Å². The molecule has 3 N–H and O–H groups in total. The first kappa shape index (κ1) is 10.9. The molecule has 14 heavy (non-hydrogen) atoms. The summed E-state index contributed by atoms with van der Waals surface area (Å²) in [5.41, 5.74) is 7.52. The minimum Gasteiger partial charge on any atom is -0.365 e. The van der Waals surface area contributed by atoms with E-state index in [9.17, 15) is 0 Å². The van der Waals surface area contributed by atoms with Crippen molar-refractivity contribution < 1.29 is 0 Å². The van der Waals surface area contributed by atoms with Crippen molar-refractivity contribution >= 4 is 5.82 Å². The lowest BCUT2D eigenvalue weighted by Crippen LogP contribution is -2.28. The van der Waals surface area contributed by atoms with Gasteiger partial charge in [-0.3, -0.25) is 4.98 Å². The van der Waals surface area contributed by atoms with Gasteiger partial charge in [0.2, 0.25) is 0 Å². The smallest absolute Gasteiger partial charge is 0.145 e. The molecule has 0 radical (unpaired) electrons. The minimum absolute atomic E-state index is 0.284. The molecule has 1 unspecified atom stereocenters. The van der Waals surface area contributed by atoms with Crippen LogP contribution in [0.1, 0.15) is 24.7 Å². The van der Waals surface area contributed by atoms with E-state index in [0.29, 0.717) is 6.54 Å². The fourth-order valence-corrected chi connectivity index (χ4v) is 1.15. The highest BCUT2D eigenvalue weighted by Crippen LogP contribution is 2.07. The first-order valence-corrected chi connectivity index (χ1v) is 4.94. The maximum atomic E-state index is 5.59. The van der Waals surface area contributed by atoms with Gasteiger partial charge in [0, 0.05) is 12.6 Å². The molecule has 0 aliphatic carbocycles. The highest BCUT2D eigenvalue weighted by atomic mass is 15.0. The van der Waals surface area contributed by atoms with Crippen molar-refractivity contribution in [3.63, 3.8) is 0 Å². The molecule has 0 aliphatic heterocycles. The van der Waals surface area contributed by atoms with E-state index in [1.54, 1.807) is 6.20 Å². The van der Waals surface area contributed by atoms with Gasteiger partial charge < -0.3 is 11.1 Å². The van der Waals surface area contributed by atoms with Crippen LogP contribution in [-0.4, -0.2) is 22.6 Å². The van der Waals surface area contributed by atoms with Crippen molar-refractivity contribution in [1.29, 1.82) is 0 Å². The Balaban J connectivity index is 2.72. The van der Waals surface area contributed by atoms with Crippen molar-refractivity contribution in [2.75, 3.05) is 11.9 Å². The fourth-order valence-electron chi connectivity index (χ4n) is 1.15. The van der Waals surface area contributed by atoms with Crippen LogP contribution in [0.3, 0.4) is 0 Å². The van der Waals surface area contributed by atoms with Crippen LogP contribution in [0.2, 0.25) is 0 Å². The summed E-state index contributed by atoms with van der Waals surface area (Å²) in [6, 6.07) is 0.284. The summed E-state index contributed by atoms with van der Waals surface area (Å²) in [5, 5.41) is 3.25. The molecule has 1 atom stereocenters. The predicted molar refractivity (Wildman–Crippen MR) is 58.3 cm³/mol. The summed E-state index contributed by atoms with van der Waals surface area (Å²) in [5.74, 6) is 0.811. The molecular formula is C10H18N4. The Morgan fingerprint density at radius 1 is 1.43 bits per heavy atom. The molecule has 1 aromatic heterocycles. The molecule has 0 amide bonds. The number of aromatic nitrogens is 2. The van der Waals surface area contributed by atoms with E-state index in [-0.39, 0.29) is 6.04 Å². The molecule has 0 fully saturated rings. The van der Waals surface area contributed by atoms with Crippen LogP contribution in [0.15, 0.2) is 6.20 Å². The normalized spacial score (nSPS) is 12.6. The van der Waals surface area contributed by atoms with Crippen molar-refractivity contribution in [2.24, 2.45) is 5.73 Å². The summed E-state index contributed by atoms with van der Waals surface area (Å²) in [6.45, 7) is 6.62. The van der Waals surface area contributed by atoms with Crippen molar-refractivity contribution in [3.8, 4) is 0 Å². The Bertz CT molecular complexity index is 294. The lowest BCUT2D eigenvalue weighted by atomic mass is 10.2.